The summed E-state index contributed by atoms with van der Waals surface area (Å²) in [6.07, 6.45) is 0. The predicted molar refractivity (Wildman–Crippen MR) is 54.0 cm³/mol. The highest BCUT2D eigenvalue weighted by atomic mass is 35.7. The molecule has 0 saturated heterocycles. The van der Waals surface area contributed by atoms with Gasteiger partial charge in [0, 0.05) is 5.02 Å². The van der Waals surface area contributed by atoms with Gasteiger partial charge in [-0.3, -0.25) is 0 Å². The van der Waals surface area contributed by atoms with E-state index >= 15 is 0 Å². The average Bonchev–Trinajstić information content (AvgIpc) is 1.93. The van der Waals surface area contributed by atoms with Crippen molar-refractivity contribution in [3.8, 4) is 0 Å². The van der Waals surface area contributed by atoms with Gasteiger partial charge in [0.05, 0.1) is 0 Å². The zero-order chi connectivity index (χ0) is 8.27. The molecule has 0 spiro atoms. The first-order valence-electron chi connectivity index (χ1n) is 3.21. The minimum Gasteiger partial charge on any atom is -0.150 e. The van der Waals surface area contributed by atoms with Crippen molar-refractivity contribution in [1.29, 1.82) is 0 Å². The first-order valence-corrected chi connectivity index (χ1v) is 7.89. The van der Waals surface area contributed by atoms with Gasteiger partial charge in [-0.1, -0.05) is 23.7 Å². The zero-order valence-electron chi connectivity index (χ0n) is 5.73. The topological polar surface area (TPSA) is 0 Å². The molecule has 0 atom stereocenters. The van der Waals surface area contributed by atoms with E-state index in [1.165, 1.54) is 0 Å². The lowest BCUT2D eigenvalue weighted by Gasteiger charge is -1.99. The lowest BCUT2D eigenvalue weighted by atomic mass is 10.2. The van der Waals surface area contributed by atoms with Gasteiger partial charge in [-0.2, -0.15) is 0 Å². The summed E-state index contributed by atoms with van der Waals surface area (Å²) in [5.41, 5.74) is 1.16. The minimum absolute atomic E-state index is 0.746. The van der Waals surface area contributed by atoms with E-state index in [0.29, 0.717) is 0 Å². The highest BCUT2D eigenvalue weighted by Gasteiger charge is 2.02. The molecule has 1 aromatic rings. The third-order valence-corrected chi connectivity index (χ3v) is 3.26. The van der Waals surface area contributed by atoms with E-state index in [0.717, 1.165) is 16.6 Å². The van der Waals surface area contributed by atoms with Crippen molar-refractivity contribution in [2.24, 2.45) is 0 Å². The Bertz CT molecular complexity index is 220. The van der Waals surface area contributed by atoms with E-state index in [1.54, 1.807) is 0 Å². The molecular weight excluding hydrogens is 219 g/mol. The summed E-state index contributed by atoms with van der Waals surface area (Å²) >= 11 is 17.1. The van der Waals surface area contributed by atoms with Crippen LogP contribution in [0.15, 0.2) is 24.3 Å². The van der Waals surface area contributed by atoms with Gasteiger partial charge in [0.1, 0.15) is 0 Å². The molecule has 0 aliphatic heterocycles. The number of halogens is 3. The van der Waals surface area contributed by atoms with Crippen LogP contribution < -0.4 is 0 Å². The van der Waals surface area contributed by atoms with Crippen LogP contribution in [0.2, 0.25) is 5.02 Å². The van der Waals surface area contributed by atoms with Crippen molar-refractivity contribution in [2.45, 2.75) is 6.04 Å². The molecule has 0 saturated carbocycles. The van der Waals surface area contributed by atoms with Gasteiger partial charge < -0.3 is 0 Å². The van der Waals surface area contributed by atoms with Crippen molar-refractivity contribution >= 4 is 41.2 Å². The SMILES string of the molecule is Clc1ccc(C[SiH](Cl)Cl)cc1. The molecule has 0 nitrogen and oxygen atoms in total. The molecule has 0 aliphatic carbocycles. The average molecular weight is 226 g/mol. The molecule has 0 bridgehead atoms. The highest BCUT2D eigenvalue weighted by Crippen LogP contribution is 2.12. The number of benzene rings is 1. The van der Waals surface area contributed by atoms with Crippen LogP contribution in [0.3, 0.4) is 0 Å². The molecule has 0 radical (unpaired) electrons. The Hall–Kier alpha value is 0.307. The van der Waals surface area contributed by atoms with Crippen molar-refractivity contribution in [3.63, 3.8) is 0 Å². The molecule has 1 rings (SSSR count). The molecule has 4 heteroatoms. The lowest BCUT2D eigenvalue weighted by molar-refractivity contribution is 1.39. The van der Waals surface area contributed by atoms with Gasteiger partial charge >= 0.3 is 0 Å². The second-order valence-electron chi connectivity index (χ2n) is 2.22. The van der Waals surface area contributed by atoms with Crippen molar-refractivity contribution < 1.29 is 0 Å². The fourth-order valence-electron chi connectivity index (χ4n) is 0.799. The molecule has 11 heavy (non-hydrogen) atoms. The summed E-state index contributed by atoms with van der Waals surface area (Å²) in [5, 5.41) is 0.746. The van der Waals surface area contributed by atoms with E-state index in [4.69, 9.17) is 33.8 Å². The van der Waals surface area contributed by atoms with Gasteiger partial charge in [-0.25, -0.2) is 0 Å². The highest BCUT2D eigenvalue weighted by molar-refractivity contribution is 7.33. The van der Waals surface area contributed by atoms with Crippen molar-refractivity contribution in [1.82, 2.24) is 0 Å². The number of hydrogen-bond donors (Lipinski definition) is 0. The van der Waals surface area contributed by atoms with Crippen LogP contribution in [0.5, 0.6) is 0 Å². The predicted octanol–water partition coefficient (Wildman–Crippen LogP) is 3.12. The van der Waals surface area contributed by atoms with E-state index in [9.17, 15) is 0 Å². The summed E-state index contributed by atoms with van der Waals surface area (Å²) in [7, 11) is -1.51. The summed E-state index contributed by atoms with van der Waals surface area (Å²) in [5.74, 6) is 0. The monoisotopic (exact) mass is 224 g/mol. The van der Waals surface area contributed by atoms with Crippen LogP contribution in [0, 0.1) is 0 Å². The third-order valence-electron chi connectivity index (χ3n) is 1.30. The zero-order valence-corrected chi connectivity index (χ0v) is 9.15. The molecule has 0 aromatic heterocycles. The fraction of sp³-hybridized carbons (Fsp3) is 0.143. The van der Waals surface area contributed by atoms with Crippen LogP contribution >= 0.6 is 33.8 Å². The third kappa shape index (κ3) is 3.47. The largest absolute Gasteiger partial charge is 0.241 e. The second kappa shape index (κ2) is 4.36. The first-order chi connectivity index (χ1) is 5.18. The lowest BCUT2D eigenvalue weighted by Crippen LogP contribution is -1.98. The standard InChI is InChI=1S/C7H7Cl3Si/c8-7-3-1-6(2-4-7)5-11(9)10/h1-4,11H,5H2. The van der Waals surface area contributed by atoms with E-state index in [-0.39, 0.29) is 0 Å². The molecule has 0 amide bonds. The van der Waals surface area contributed by atoms with Gasteiger partial charge in [-0.15, -0.1) is 22.2 Å². The van der Waals surface area contributed by atoms with E-state index in [2.05, 4.69) is 0 Å². The Kier molecular flexibility index (Phi) is 3.73. The van der Waals surface area contributed by atoms with E-state index < -0.39 is 7.42 Å². The number of hydrogen-bond acceptors (Lipinski definition) is 0. The Morgan fingerprint density at radius 1 is 1.09 bits per heavy atom. The maximum atomic E-state index is 5.72. The summed E-state index contributed by atoms with van der Waals surface area (Å²) < 4.78 is 0. The van der Waals surface area contributed by atoms with Gasteiger partial charge in [0.15, 0.2) is 0 Å². The maximum absolute atomic E-state index is 5.72. The summed E-state index contributed by atoms with van der Waals surface area (Å²) in [6.45, 7) is 0. The molecule has 0 fully saturated rings. The molecule has 0 unspecified atom stereocenters. The summed E-state index contributed by atoms with van der Waals surface area (Å²) in [4.78, 5) is 0. The van der Waals surface area contributed by atoms with Crippen molar-refractivity contribution in [3.05, 3.63) is 34.9 Å². The van der Waals surface area contributed by atoms with Crippen LogP contribution in [0.4, 0.5) is 0 Å². The molecule has 0 aliphatic rings. The van der Waals surface area contributed by atoms with Crippen LogP contribution in [-0.4, -0.2) is 7.42 Å². The first kappa shape index (κ1) is 9.40. The van der Waals surface area contributed by atoms with Gasteiger partial charge in [-0.05, 0) is 23.7 Å². The van der Waals surface area contributed by atoms with Crippen LogP contribution in [-0.2, 0) is 6.04 Å². The molecule has 0 N–H and O–H groups in total. The normalized spacial score (nSPS) is 10.5. The van der Waals surface area contributed by atoms with Crippen molar-refractivity contribution in [2.75, 3.05) is 0 Å². The minimum atomic E-state index is -1.51. The smallest absolute Gasteiger partial charge is 0.150 e. The number of rotatable bonds is 2. The van der Waals surface area contributed by atoms with Crippen LogP contribution in [0.25, 0.3) is 0 Å². The fourth-order valence-corrected chi connectivity index (χ4v) is 2.62. The summed E-state index contributed by atoms with van der Waals surface area (Å²) in [6, 6.07) is 8.41. The second-order valence-corrected chi connectivity index (χ2v) is 7.68. The quantitative estimate of drug-likeness (QED) is 0.536. The Morgan fingerprint density at radius 2 is 1.64 bits per heavy atom. The van der Waals surface area contributed by atoms with Gasteiger partial charge in [0.2, 0.25) is 7.42 Å². The Balaban J connectivity index is 2.66. The molecule has 0 heterocycles. The molecular formula is C7H7Cl3Si. The maximum Gasteiger partial charge on any atom is 0.241 e. The van der Waals surface area contributed by atoms with E-state index in [1.807, 2.05) is 24.3 Å². The Morgan fingerprint density at radius 3 is 2.09 bits per heavy atom. The molecule has 1 aromatic carbocycles. The molecule has 60 valence electrons. The van der Waals surface area contributed by atoms with Gasteiger partial charge in [0.25, 0.3) is 0 Å². The van der Waals surface area contributed by atoms with Crippen LogP contribution in [0.1, 0.15) is 5.56 Å². The Labute approximate surface area is 82.1 Å².